The first kappa shape index (κ1) is 15.1. The van der Waals surface area contributed by atoms with Gasteiger partial charge in [-0.1, -0.05) is 12.1 Å². The summed E-state index contributed by atoms with van der Waals surface area (Å²) in [5, 5.41) is 0. The molecule has 0 bridgehead atoms. The molecule has 104 valence electrons. The monoisotopic (exact) mass is 268 g/mol. The van der Waals surface area contributed by atoms with E-state index in [1.807, 2.05) is 0 Å². The Morgan fingerprint density at radius 2 is 1.68 bits per heavy atom. The summed E-state index contributed by atoms with van der Waals surface area (Å²) in [5.74, 6) is -1.46. The molecule has 0 radical (unpaired) electrons. The largest absolute Gasteiger partial charge is 0.465 e. The molecule has 0 spiro atoms. The van der Waals surface area contributed by atoms with Crippen molar-refractivity contribution in [2.75, 3.05) is 7.11 Å². The summed E-state index contributed by atoms with van der Waals surface area (Å²) in [4.78, 5) is 22.8. The van der Waals surface area contributed by atoms with Crippen LogP contribution in [0.3, 0.4) is 0 Å². The topological polar surface area (TPSA) is 52.6 Å². The molecule has 1 rings (SSSR count). The van der Waals surface area contributed by atoms with E-state index in [0.717, 1.165) is 0 Å². The summed E-state index contributed by atoms with van der Waals surface area (Å²) in [6.07, 6.45) is -1.87. The number of carbonyl (C=O) groups is 2. The molecule has 0 heterocycles. The van der Waals surface area contributed by atoms with Gasteiger partial charge in [-0.2, -0.15) is 0 Å². The van der Waals surface area contributed by atoms with Crippen molar-refractivity contribution in [3.63, 3.8) is 0 Å². The number of hydrogen-bond acceptors (Lipinski definition) is 4. The molecule has 0 aliphatic heterocycles. The standard InChI is InChI=1S/C14H17FO4/c1-14(2,3)19-13(17)11(15)9-5-7-10(8-6-9)12(16)18-4/h5-8,11H,1-4H3. The normalized spacial score (nSPS) is 12.7. The zero-order valence-corrected chi connectivity index (χ0v) is 11.4. The SMILES string of the molecule is COC(=O)c1ccc(C(F)C(=O)OC(C)(C)C)cc1. The minimum Gasteiger partial charge on any atom is -0.465 e. The smallest absolute Gasteiger partial charge is 0.345 e. The van der Waals surface area contributed by atoms with Crippen LogP contribution in [-0.4, -0.2) is 24.6 Å². The molecule has 1 aromatic carbocycles. The van der Waals surface area contributed by atoms with Gasteiger partial charge in [-0.15, -0.1) is 0 Å². The van der Waals surface area contributed by atoms with Gasteiger partial charge in [-0.3, -0.25) is 0 Å². The van der Waals surface area contributed by atoms with Gasteiger partial charge in [0.2, 0.25) is 6.17 Å². The zero-order chi connectivity index (χ0) is 14.6. The number of benzene rings is 1. The first-order valence-electron chi connectivity index (χ1n) is 5.80. The third-order valence-corrected chi connectivity index (χ3v) is 2.24. The summed E-state index contributed by atoms with van der Waals surface area (Å²) < 4.78 is 23.4. The molecule has 1 atom stereocenters. The first-order chi connectivity index (χ1) is 8.74. The molecule has 19 heavy (non-hydrogen) atoms. The van der Waals surface area contributed by atoms with Gasteiger partial charge in [0.25, 0.3) is 0 Å². The van der Waals surface area contributed by atoms with Gasteiger partial charge in [-0.05, 0) is 38.5 Å². The van der Waals surface area contributed by atoms with Crippen molar-refractivity contribution in [1.82, 2.24) is 0 Å². The van der Waals surface area contributed by atoms with Crippen molar-refractivity contribution < 1.29 is 23.5 Å². The van der Waals surface area contributed by atoms with Crippen LogP contribution in [0.2, 0.25) is 0 Å². The maximum absolute atomic E-state index is 13.9. The molecular formula is C14H17FO4. The fourth-order valence-corrected chi connectivity index (χ4v) is 1.40. The Morgan fingerprint density at radius 1 is 1.16 bits per heavy atom. The van der Waals surface area contributed by atoms with Gasteiger partial charge in [0.1, 0.15) is 5.60 Å². The van der Waals surface area contributed by atoms with E-state index in [0.29, 0.717) is 5.56 Å². The molecular weight excluding hydrogens is 251 g/mol. The number of alkyl halides is 1. The fraction of sp³-hybridized carbons (Fsp3) is 0.429. The van der Waals surface area contributed by atoms with Crippen LogP contribution < -0.4 is 0 Å². The Kier molecular flexibility index (Phi) is 4.64. The number of hydrogen-bond donors (Lipinski definition) is 0. The van der Waals surface area contributed by atoms with Crippen molar-refractivity contribution in [1.29, 1.82) is 0 Å². The lowest BCUT2D eigenvalue weighted by Crippen LogP contribution is -2.26. The van der Waals surface area contributed by atoms with Gasteiger partial charge in [-0.25, -0.2) is 14.0 Å². The van der Waals surface area contributed by atoms with Crippen LogP contribution in [0.25, 0.3) is 0 Å². The highest BCUT2D eigenvalue weighted by Crippen LogP contribution is 2.22. The first-order valence-corrected chi connectivity index (χ1v) is 5.80. The maximum Gasteiger partial charge on any atom is 0.345 e. The molecule has 0 aromatic heterocycles. The van der Waals surface area contributed by atoms with Gasteiger partial charge in [0, 0.05) is 0 Å². The van der Waals surface area contributed by atoms with Crippen LogP contribution in [0, 0.1) is 0 Å². The van der Waals surface area contributed by atoms with Gasteiger partial charge in [0.05, 0.1) is 12.7 Å². The van der Waals surface area contributed by atoms with E-state index in [4.69, 9.17) is 4.74 Å². The second-order valence-corrected chi connectivity index (χ2v) is 5.01. The lowest BCUT2D eigenvalue weighted by atomic mass is 10.1. The molecule has 0 saturated carbocycles. The number of halogens is 1. The number of methoxy groups -OCH3 is 1. The molecule has 0 fully saturated rings. The number of carbonyl (C=O) groups excluding carboxylic acids is 2. The Hall–Kier alpha value is -1.91. The summed E-state index contributed by atoms with van der Waals surface area (Å²) in [7, 11) is 1.26. The fourth-order valence-electron chi connectivity index (χ4n) is 1.40. The lowest BCUT2D eigenvalue weighted by molar-refractivity contribution is -0.161. The van der Waals surface area contributed by atoms with E-state index >= 15 is 0 Å². The third-order valence-electron chi connectivity index (χ3n) is 2.24. The van der Waals surface area contributed by atoms with Crippen LogP contribution in [0.15, 0.2) is 24.3 Å². The van der Waals surface area contributed by atoms with Crippen LogP contribution in [-0.2, 0) is 14.3 Å². The minimum atomic E-state index is -1.87. The number of rotatable bonds is 3. The lowest BCUT2D eigenvalue weighted by Gasteiger charge is -2.21. The summed E-state index contributed by atoms with van der Waals surface area (Å²) in [6, 6.07) is 5.53. The molecule has 5 heteroatoms. The Morgan fingerprint density at radius 3 is 2.11 bits per heavy atom. The van der Waals surface area contributed by atoms with E-state index in [1.165, 1.54) is 31.4 Å². The maximum atomic E-state index is 13.9. The molecule has 0 aliphatic carbocycles. The van der Waals surface area contributed by atoms with Crippen molar-refractivity contribution in [3.05, 3.63) is 35.4 Å². The van der Waals surface area contributed by atoms with E-state index in [2.05, 4.69) is 4.74 Å². The average Bonchev–Trinajstić information content (AvgIpc) is 2.35. The van der Waals surface area contributed by atoms with Gasteiger partial charge < -0.3 is 9.47 Å². The molecule has 0 amide bonds. The summed E-state index contributed by atoms with van der Waals surface area (Å²) in [6.45, 7) is 4.99. The van der Waals surface area contributed by atoms with Crippen molar-refractivity contribution in [2.24, 2.45) is 0 Å². The molecule has 1 unspecified atom stereocenters. The molecule has 0 N–H and O–H groups in total. The number of ether oxygens (including phenoxy) is 2. The van der Waals surface area contributed by atoms with Crippen molar-refractivity contribution >= 4 is 11.9 Å². The van der Waals surface area contributed by atoms with Gasteiger partial charge >= 0.3 is 11.9 Å². The number of esters is 2. The molecule has 0 saturated heterocycles. The predicted octanol–water partition coefficient (Wildman–Crippen LogP) is 2.83. The summed E-state index contributed by atoms with van der Waals surface area (Å²) >= 11 is 0. The van der Waals surface area contributed by atoms with Crippen LogP contribution in [0.5, 0.6) is 0 Å². The van der Waals surface area contributed by atoms with Gasteiger partial charge in [0.15, 0.2) is 0 Å². The molecule has 0 aliphatic rings. The van der Waals surface area contributed by atoms with Crippen molar-refractivity contribution in [3.8, 4) is 0 Å². The van der Waals surface area contributed by atoms with E-state index in [-0.39, 0.29) is 5.56 Å². The Balaban J connectivity index is 2.80. The van der Waals surface area contributed by atoms with E-state index in [1.54, 1.807) is 20.8 Å². The zero-order valence-electron chi connectivity index (χ0n) is 11.4. The Bertz CT molecular complexity index is 459. The highest BCUT2D eigenvalue weighted by atomic mass is 19.1. The third kappa shape index (κ3) is 4.35. The second kappa shape index (κ2) is 5.82. The van der Waals surface area contributed by atoms with Crippen LogP contribution >= 0.6 is 0 Å². The highest BCUT2D eigenvalue weighted by molar-refractivity contribution is 5.89. The Labute approximate surface area is 111 Å². The van der Waals surface area contributed by atoms with Crippen LogP contribution in [0.1, 0.15) is 42.9 Å². The molecule has 1 aromatic rings. The molecule has 4 nitrogen and oxygen atoms in total. The van der Waals surface area contributed by atoms with Crippen molar-refractivity contribution in [2.45, 2.75) is 32.5 Å². The highest BCUT2D eigenvalue weighted by Gasteiger charge is 2.26. The van der Waals surface area contributed by atoms with Crippen LogP contribution in [0.4, 0.5) is 4.39 Å². The van der Waals surface area contributed by atoms with E-state index < -0.39 is 23.7 Å². The quantitative estimate of drug-likeness (QED) is 0.791. The predicted molar refractivity (Wildman–Crippen MR) is 67.5 cm³/mol. The minimum absolute atomic E-state index is 0.141. The summed E-state index contributed by atoms with van der Waals surface area (Å²) in [5.41, 5.74) is -0.308. The second-order valence-electron chi connectivity index (χ2n) is 5.01. The van der Waals surface area contributed by atoms with E-state index in [9.17, 15) is 14.0 Å². The average molecular weight is 268 g/mol.